The molecule has 0 aromatic heterocycles. The molecule has 0 aromatic carbocycles. The van der Waals surface area contributed by atoms with E-state index < -0.39 is 0 Å². The van der Waals surface area contributed by atoms with E-state index in [1.54, 1.807) is 0 Å². The van der Waals surface area contributed by atoms with E-state index in [0.29, 0.717) is 5.54 Å². The normalized spacial score (nSPS) is 22.0. The molecular formula is C10H23NO. The number of hydrogen-bond acceptors (Lipinski definition) is 1. The molecule has 0 unspecified atom stereocenters. The highest BCUT2D eigenvalue weighted by Gasteiger charge is 2.31. The van der Waals surface area contributed by atoms with Crippen LogP contribution in [-0.4, -0.2) is 30.0 Å². The van der Waals surface area contributed by atoms with Gasteiger partial charge in [0.2, 0.25) is 0 Å². The van der Waals surface area contributed by atoms with Crippen molar-refractivity contribution in [2.75, 3.05) is 14.1 Å². The second-order valence-corrected chi connectivity index (χ2v) is 4.03. The van der Waals surface area contributed by atoms with Gasteiger partial charge in [0.05, 0.1) is 0 Å². The molecule has 2 nitrogen and oxygen atoms in total. The summed E-state index contributed by atoms with van der Waals surface area (Å²) in [4.78, 5) is 2.44. The number of rotatable bonds is 2. The third kappa shape index (κ3) is 2.20. The van der Waals surface area contributed by atoms with Crippen LogP contribution in [0.1, 0.15) is 45.4 Å². The molecule has 0 amide bonds. The fourth-order valence-corrected chi connectivity index (χ4v) is 2.33. The van der Waals surface area contributed by atoms with Gasteiger partial charge < -0.3 is 10.4 Å². The molecule has 1 fully saturated rings. The van der Waals surface area contributed by atoms with Crippen LogP contribution in [0.25, 0.3) is 0 Å². The molecular weight excluding hydrogens is 150 g/mol. The monoisotopic (exact) mass is 173 g/mol. The van der Waals surface area contributed by atoms with Crippen LogP contribution in [-0.2, 0) is 0 Å². The quantitative estimate of drug-likeness (QED) is 0.627. The van der Waals surface area contributed by atoms with Gasteiger partial charge in [0.1, 0.15) is 0 Å². The Morgan fingerprint density at radius 1 is 1.08 bits per heavy atom. The highest BCUT2D eigenvalue weighted by Crippen LogP contribution is 2.34. The SMILES string of the molecule is CCC1(N(C)C)CCCCC1.O. The molecule has 0 spiro atoms. The molecule has 74 valence electrons. The Labute approximate surface area is 76.3 Å². The summed E-state index contributed by atoms with van der Waals surface area (Å²) in [5.41, 5.74) is 0.554. The standard InChI is InChI=1S/C10H21N.H2O/c1-4-10(11(2)3)8-6-5-7-9-10;/h4-9H2,1-3H3;1H2. The summed E-state index contributed by atoms with van der Waals surface area (Å²) in [6.45, 7) is 2.32. The summed E-state index contributed by atoms with van der Waals surface area (Å²) in [5, 5.41) is 0. The average Bonchev–Trinajstić information content (AvgIpc) is 2.05. The topological polar surface area (TPSA) is 34.7 Å². The zero-order valence-corrected chi connectivity index (χ0v) is 8.69. The first-order chi connectivity index (χ1) is 5.21. The lowest BCUT2D eigenvalue weighted by atomic mass is 9.79. The number of nitrogens with zero attached hydrogens (tertiary/aromatic N) is 1. The maximum absolute atomic E-state index is 2.44. The van der Waals surface area contributed by atoms with E-state index in [4.69, 9.17) is 0 Å². The minimum absolute atomic E-state index is 0. The molecule has 1 rings (SSSR count). The van der Waals surface area contributed by atoms with Crippen molar-refractivity contribution >= 4 is 0 Å². The van der Waals surface area contributed by atoms with E-state index in [2.05, 4.69) is 25.9 Å². The van der Waals surface area contributed by atoms with Crippen LogP contribution in [0.4, 0.5) is 0 Å². The molecule has 2 heteroatoms. The summed E-state index contributed by atoms with van der Waals surface area (Å²) in [5.74, 6) is 0. The predicted molar refractivity (Wildman–Crippen MR) is 53.4 cm³/mol. The van der Waals surface area contributed by atoms with Crippen molar-refractivity contribution in [2.45, 2.75) is 51.0 Å². The zero-order chi connectivity index (χ0) is 8.32. The Balaban J connectivity index is 0.00000121. The fraction of sp³-hybridized carbons (Fsp3) is 1.00. The van der Waals surface area contributed by atoms with Crippen LogP contribution < -0.4 is 0 Å². The van der Waals surface area contributed by atoms with Crippen molar-refractivity contribution in [2.24, 2.45) is 0 Å². The maximum atomic E-state index is 2.44. The van der Waals surface area contributed by atoms with E-state index in [1.165, 1.54) is 38.5 Å². The summed E-state index contributed by atoms with van der Waals surface area (Å²) in [6, 6.07) is 0. The van der Waals surface area contributed by atoms with Gasteiger partial charge in [-0.3, -0.25) is 0 Å². The van der Waals surface area contributed by atoms with Gasteiger partial charge in [0.25, 0.3) is 0 Å². The van der Waals surface area contributed by atoms with Gasteiger partial charge in [-0.25, -0.2) is 0 Å². The van der Waals surface area contributed by atoms with Gasteiger partial charge in [0.15, 0.2) is 0 Å². The van der Waals surface area contributed by atoms with Crippen LogP contribution >= 0.6 is 0 Å². The summed E-state index contributed by atoms with van der Waals surface area (Å²) >= 11 is 0. The first-order valence-electron chi connectivity index (χ1n) is 4.89. The van der Waals surface area contributed by atoms with Gasteiger partial charge in [-0.2, -0.15) is 0 Å². The van der Waals surface area contributed by atoms with E-state index in [9.17, 15) is 0 Å². The van der Waals surface area contributed by atoms with Crippen molar-refractivity contribution in [1.29, 1.82) is 0 Å². The molecule has 2 N–H and O–H groups in total. The smallest absolute Gasteiger partial charge is 0.0200 e. The molecule has 0 bridgehead atoms. The molecule has 1 aliphatic rings. The predicted octanol–water partition coefficient (Wildman–Crippen LogP) is 1.84. The van der Waals surface area contributed by atoms with E-state index in [0.717, 1.165) is 0 Å². The minimum atomic E-state index is 0. The van der Waals surface area contributed by atoms with Crippen molar-refractivity contribution < 1.29 is 5.48 Å². The third-order valence-electron chi connectivity index (χ3n) is 3.39. The van der Waals surface area contributed by atoms with Crippen LogP contribution in [0.15, 0.2) is 0 Å². The Bertz CT molecular complexity index is 117. The lowest BCUT2D eigenvalue weighted by Gasteiger charge is -2.42. The second kappa shape index (κ2) is 4.83. The molecule has 0 atom stereocenters. The summed E-state index contributed by atoms with van der Waals surface area (Å²) in [6.07, 6.45) is 8.47. The molecule has 0 aliphatic heterocycles. The Hall–Kier alpha value is -0.0800. The molecule has 0 heterocycles. The highest BCUT2D eigenvalue weighted by atomic mass is 16.0. The highest BCUT2D eigenvalue weighted by molar-refractivity contribution is 4.88. The zero-order valence-electron chi connectivity index (χ0n) is 8.69. The molecule has 0 aromatic rings. The number of hydrogen-bond donors (Lipinski definition) is 0. The largest absolute Gasteiger partial charge is 0.412 e. The lowest BCUT2D eigenvalue weighted by Crippen LogP contribution is -2.45. The molecule has 0 radical (unpaired) electrons. The Kier molecular flexibility index (Phi) is 4.80. The summed E-state index contributed by atoms with van der Waals surface area (Å²) < 4.78 is 0. The first kappa shape index (κ1) is 11.9. The first-order valence-corrected chi connectivity index (χ1v) is 4.89. The fourth-order valence-electron chi connectivity index (χ4n) is 2.33. The van der Waals surface area contributed by atoms with Crippen molar-refractivity contribution in [3.8, 4) is 0 Å². The Morgan fingerprint density at radius 2 is 1.58 bits per heavy atom. The van der Waals surface area contributed by atoms with Crippen molar-refractivity contribution in [1.82, 2.24) is 4.90 Å². The van der Waals surface area contributed by atoms with Gasteiger partial charge in [-0.05, 0) is 33.4 Å². The lowest BCUT2D eigenvalue weighted by molar-refractivity contribution is 0.0958. The van der Waals surface area contributed by atoms with Crippen LogP contribution in [0.2, 0.25) is 0 Å². The maximum Gasteiger partial charge on any atom is 0.0200 e. The van der Waals surface area contributed by atoms with Gasteiger partial charge in [-0.15, -0.1) is 0 Å². The van der Waals surface area contributed by atoms with Gasteiger partial charge >= 0.3 is 0 Å². The van der Waals surface area contributed by atoms with E-state index >= 15 is 0 Å². The van der Waals surface area contributed by atoms with Crippen LogP contribution in [0, 0.1) is 0 Å². The molecule has 1 aliphatic carbocycles. The van der Waals surface area contributed by atoms with Crippen LogP contribution in [0.5, 0.6) is 0 Å². The van der Waals surface area contributed by atoms with Crippen molar-refractivity contribution in [3.05, 3.63) is 0 Å². The average molecular weight is 173 g/mol. The molecule has 0 saturated heterocycles. The van der Waals surface area contributed by atoms with Gasteiger partial charge in [-0.1, -0.05) is 26.2 Å². The minimum Gasteiger partial charge on any atom is -0.412 e. The molecule has 1 saturated carbocycles. The van der Waals surface area contributed by atoms with E-state index in [-0.39, 0.29) is 5.48 Å². The molecule has 12 heavy (non-hydrogen) atoms. The third-order valence-corrected chi connectivity index (χ3v) is 3.39. The second-order valence-electron chi connectivity index (χ2n) is 4.03. The van der Waals surface area contributed by atoms with Crippen LogP contribution in [0.3, 0.4) is 0 Å². The van der Waals surface area contributed by atoms with E-state index in [1.807, 2.05) is 0 Å². The van der Waals surface area contributed by atoms with Crippen molar-refractivity contribution in [3.63, 3.8) is 0 Å². The Morgan fingerprint density at radius 3 is 1.83 bits per heavy atom. The summed E-state index contributed by atoms with van der Waals surface area (Å²) in [7, 11) is 4.46. The van der Waals surface area contributed by atoms with Gasteiger partial charge in [0, 0.05) is 5.54 Å².